The average Bonchev–Trinajstić information content (AvgIpc) is 3.92. The van der Waals surface area contributed by atoms with Crippen LogP contribution in [0.15, 0.2) is 185 Å². The van der Waals surface area contributed by atoms with Gasteiger partial charge in [0.2, 0.25) is 5.71 Å². The molecule has 0 amide bonds. The SMILES string of the molecule is c1ccc(-c2nc(-c3ccccc3)c3c(n2)oc2ccc(-c4ccc(-n5c6ccccc6c6cc7ccccc7cc65)c5oc6ccccc6c45)cc23)cc1. The van der Waals surface area contributed by atoms with Crippen LogP contribution in [0.2, 0.25) is 0 Å². The van der Waals surface area contributed by atoms with Crippen molar-refractivity contribution in [1.82, 2.24) is 14.5 Å². The van der Waals surface area contributed by atoms with Gasteiger partial charge in [-0.2, -0.15) is 4.98 Å². The molecule has 4 heterocycles. The highest BCUT2D eigenvalue weighted by molar-refractivity contribution is 6.19. The molecule has 0 aliphatic heterocycles. The summed E-state index contributed by atoms with van der Waals surface area (Å²) in [6, 6.07) is 61.4. The summed E-state index contributed by atoms with van der Waals surface area (Å²) in [6.07, 6.45) is 0. The van der Waals surface area contributed by atoms with Crippen molar-refractivity contribution in [3.05, 3.63) is 176 Å². The first-order valence-corrected chi connectivity index (χ1v) is 18.5. The van der Waals surface area contributed by atoms with Crippen molar-refractivity contribution in [2.45, 2.75) is 0 Å². The number of aromatic nitrogens is 3. The van der Waals surface area contributed by atoms with Crippen molar-refractivity contribution in [2.75, 3.05) is 0 Å². The third-order valence-corrected chi connectivity index (χ3v) is 11.0. The highest BCUT2D eigenvalue weighted by Gasteiger charge is 2.23. The zero-order valence-electron chi connectivity index (χ0n) is 29.4. The van der Waals surface area contributed by atoms with Gasteiger partial charge in [0.25, 0.3) is 0 Å². The molecule has 4 aromatic heterocycles. The normalized spacial score (nSPS) is 12.0. The van der Waals surface area contributed by atoms with Crippen molar-refractivity contribution in [3.8, 4) is 39.5 Å². The Kier molecular flexibility index (Phi) is 6.27. The minimum Gasteiger partial charge on any atom is -0.454 e. The topological polar surface area (TPSA) is 57.0 Å². The van der Waals surface area contributed by atoms with Crippen molar-refractivity contribution in [1.29, 1.82) is 0 Å². The Balaban J connectivity index is 1.13. The molecular formula is C50H29N3O2. The van der Waals surface area contributed by atoms with Crippen LogP contribution in [0.4, 0.5) is 0 Å². The summed E-state index contributed by atoms with van der Waals surface area (Å²) in [5.41, 5.74) is 11.2. The van der Waals surface area contributed by atoms with Gasteiger partial charge in [-0.15, -0.1) is 0 Å². The Morgan fingerprint density at radius 3 is 1.95 bits per heavy atom. The van der Waals surface area contributed by atoms with Gasteiger partial charge in [0, 0.05) is 38.1 Å². The van der Waals surface area contributed by atoms with E-state index >= 15 is 0 Å². The van der Waals surface area contributed by atoms with Gasteiger partial charge in [-0.1, -0.05) is 133 Å². The molecule has 0 bridgehead atoms. The van der Waals surface area contributed by atoms with Crippen LogP contribution in [0.1, 0.15) is 0 Å². The van der Waals surface area contributed by atoms with Crippen LogP contribution in [0, 0.1) is 0 Å². The van der Waals surface area contributed by atoms with Crippen LogP contribution in [-0.4, -0.2) is 14.5 Å². The molecule has 5 nitrogen and oxygen atoms in total. The highest BCUT2D eigenvalue weighted by atomic mass is 16.3. The van der Waals surface area contributed by atoms with Crippen LogP contribution in [-0.2, 0) is 0 Å². The molecule has 0 aliphatic rings. The van der Waals surface area contributed by atoms with E-state index in [1.54, 1.807) is 0 Å². The van der Waals surface area contributed by atoms with E-state index < -0.39 is 0 Å². The number of furan rings is 2. The standard InChI is InChI=1S/C50H29N3O2/c1-3-13-30(14-4-1)47-46-39-28-34(23-26-44(39)55-50(46)52-49(51-47)31-15-5-2-6-16-31)35-24-25-41(48-45(35)37-20-10-12-22-43(37)54-48)53-40-21-11-9-19-36(40)38-27-32-17-7-8-18-33(32)29-42(38)53/h1-29H. The lowest BCUT2D eigenvalue weighted by molar-refractivity contribution is 0.653. The van der Waals surface area contributed by atoms with Gasteiger partial charge in [-0.3, -0.25) is 0 Å². The number of para-hydroxylation sites is 2. The maximum Gasteiger partial charge on any atom is 0.231 e. The van der Waals surface area contributed by atoms with E-state index in [0.29, 0.717) is 11.5 Å². The van der Waals surface area contributed by atoms with Gasteiger partial charge in [0.05, 0.1) is 27.8 Å². The first-order valence-electron chi connectivity index (χ1n) is 18.5. The second-order valence-electron chi connectivity index (χ2n) is 14.1. The zero-order valence-corrected chi connectivity index (χ0v) is 29.4. The Labute approximate surface area is 314 Å². The largest absolute Gasteiger partial charge is 0.454 e. The molecule has 0 fully saturated rings. The summed E-state index contributed by atoms with van der Waals surface area (Å²) < 4.78 is 15.8. The second kappa shape index (κ2) is 11.5. The molecule has 0 spiro atoms. The molecule has 0 saturated carbocycles. The fourth-order valence-corrected chi connectivity index (χ4v) is 8.51. The monoisotopic (exact) mass is 703 g/mol. The third-order valence-electron chi connectivity index (χ3n) is 11.0. The molecule has 8 aromatic carbocycles. The molecule has 0 aliphatic carbocycles. The highest BCUT2D eigenvalue weighted by Crippen LogP contribution is 2.45. The first-order chi connectivity index (χ1) is 27.3. The number of rotatable bonds is 4. The number of benzene rings is 8. The smallest absolute Gasteiger partial charge is 0.231 e. The first kappa shape index (κ1) is 30.0. The molecule has 0 saturated heterocycles. The fraction of sp³-hybridized carbons (Fsp3) is 0. The average molecular weight is 704 g/mol. The summed E-state index contributed by atoms with van der Waals surface area (Å²) >= 11 is 0. The van der Waals surface area contributed by atoms with Gasteiger partial charge < -0.3 is 13.4 Å². The summed E-state index contributed by atoms with van der Waals surface area (Å²) in [5.74, 6) is 0.631. The molecule has 12 rings (SSSR count). The van der Waals surface area contributed by atoms with Crippen LogP contribution >= 0.6 is 0 Å². The summed E-state index contributed by atoms with van der Waals surface area (Å²) in [4.78, 5) is 10.1. The molecule has 0 atom stereocenters. The lowest BCUT2D eigenvalue weighted by Crippen LogP contribution is -1.95. The minimum atomic E-state index is 0.563. The second-order valence-corrected chi connectivity index (χ2v) is 14.1. The predicted octanol–water partition coefficient (Wildman–Crippen LogP) is 13.5. The van der Waals surface area contributed by atoms with E-state index in [2.05, 4.69) is 126 Å². The van der Waals surface area contributed by atoms with Gasteiger partial charge in [-0.25, -0.2) is 4.98 Å². The summed E-state index contributed by atoms with van der Waals surface area (Å²) in [7, 11) is 0. The predicted molar refractivity (Wildman–Crippen MR) is 225 cm³/mol. The number of fused-ring (bicyclic) bond motifs is 10. The molecule has 55 heavy (non-hydrogen) atoms. The Bertz CT molecular complexity index is 3480. The molecule has 5 heteroatoms. The van der Waals surface area contributed by atoms with Crippen molar-refractivity contribution in [2.24, 2.45) is 0 Å². The molecule has 0 unspecified atom stereocenters. The van der Waals surface area contributed by atoms with E-state index in [9.17, 15) is 0 Å². The van der Waals surface area contributed by atoms with E-state index in [-0.39, 0.29) is 0 Å². The molecule has 256 valence electrons. The van der Waals surface area contributed by atoms with Gasteiger partial charge in [-0.05, 0) is 64.4 Å². The van der Waals surface area contributed by atoms with Crippen molar-refractivity contribution < 1.29 is 8.83 Å². The summed E-state index contributed by atoms with van der Waals surface area (Å²) in [6.45, 7) is 0. The van der Waals surface area contributed by atoms with Gasteiger partial charge >= 0.3 is 0 Å². The van der Waals surface area contributed by atoms with Gasteiger partial charge in [0.1, 0.15) is 11.2 Å². The zero-order chi connectivity index (χ0) is 36.0. The fourth-order valence-electron chi connectivity index (χ4n) is 8.51. The van der Waals surface area contributed by atoms with Crippen molar-refractivity contribution >= 4 is 76.6 Å². The van der Waals surface area contributed by atoms with Crippen LogP contribution in [0.5, 0.6) is 0 Å². The minimum absolute atomic E-state index is 0.563. The molecular weight excluding hydrogens is 675 g/mol. The van der Waals surface area contributed by atoms with Gasteiger partial charge in [0.15, 0.2) is 11.4 Å². The number of nitrogens with zero attached hydrogens (tertiary/aromatic N) is 3. The quantitative estimate of drug-likeness (QED) is 0.183. The van der Waals surface area contributed by atoms with Crippen LogP contribution in [0.3, 0.4) is 0 Å². The Morgan fingerprint density at radius 2 is 1.11 bits per heavy atom. The van der Waals surface area contributed by atoms with Crippen molar-refractivity contribution in [3.63, 3.8) is 0 Å². The van der Waals surface area contributed by atoms with Crippen LogP contribution < -0.4 is 0 Å². The van der Waals surface area contributed by atoms with Crippen LogP contribution in [0.25, 0.3) is 116 Å². The number of hydrogen-bond donors (Lipinski definition) is 0. The molecule has 0 N–H and O–H groups in total. The third kappa shape index (κ3) is 4.47. The Hall–Kier alpha value is -7.50. The maximum absolute atomic E-state index is 6.87. The molecule has 12 aromatic rings. The van der Waals surface area contributed by atoms with E-state index in [4.69, 9.17) is 18.8 Å². The van der Waals surface area contributed by atoms with E-state index in [1.165, 1.54) is 21.5 Å². The lowest BCUT2D eigenvalue weighted by Gasteiger charge is -2.12. The summed E-state index contributed by atoms with van der Waals surface area (Å²) in [5, 5.41) is 8.84. The lowest BCUT2D eigenvalue weighted by atomic mass is 9.96. The Morgan fingerprint density at radius 1 is 0.418 bits per heavy atom. The van der Waals surface area contributed by atoms with E-state index in [1.807, 2.05) is 54.6 Å². The molecule has 0 radical (unpaired) electrons. The maximum atomic E-state index is 6.87. The van der Waals surface area contributed by atoms with E-state index in [0.717, 1.165) is 83.0 Å². The number of hydrogen-bond acceptors (Lipinski definition) is 4.